The van der Waals surface area contributed by atoms with Crippen LogP contribution in [-0.4, -0.2) is 16.7 Å². The molecule has 0 saturated heterocycles. The van der Waals surface area contributed by atoms with Crippen LogP contribution in [0.5, 0.6) is 0 Å². The van der Waals surface area contributed by atoms with E-state index in [2.05, 4.69) is 107 Å². The van der Waals surface area contributed by atoms with Gasteiger partial charge in [0.05, 0.1) is 5.69 Å². The maximum absolute atomic E-state index is 4.10. The van der Waals surface area contributed by atoms with Crippen LogP contribution in [0.3, 0.4) is 0 Å². The van der Waals surface area contributed by atoms with Crippen molar-refractivity contribution in [2.24, 2.45) is 0 Å². The molecular weight excluding hydrogens is 364 g/mol. The number of nitrogens with zero attached hydrogens (tertiary/aromatic N) is 1. The van der Waals surface area contributed by atoms with Crippen LogP contribution in [0.15, 0.2) is 66.8 Å². The van der Waals surface area contributed by atoms with Gasteiger partial charge in [-0.1, -0.05) is 74.5 Å². The monoisotopic (exact) mass is 400 g/mol. The SMILES string of the molecule is C=CC(=C(C)C)c1c(C)c2ccccc2n1Cc1ccc(CC(C)NC(C)C)cc1. The predicted molar refractivity (Wildman–Crippen MR) is 132 cm³/mol. The van der Waals surface area contributed by atoms with E-state index < -0.39 is 0 Å². The molecule has 1 unspecified atom stereocenters. The quantitative estimate of drug-likeness (QED) is 0.407. The normalized spacial score (nSPS) is 12.4. The first kappa shape index (κ1) is 22.1. The number of aryl methyl sites for hydroxylation is 1. The minimum absolute atomic E-state index is 0.478. The number of para-hydroxylation sites is 1. The lowest BCUT2D eigenvalue weighted by Crippen LogP contribution is -2.33. The molecule has 0 aliphatic heterocycles. The second kappa shape index (κ2) is 9.49. The van der Waals surface area contributed by atoms with Crippen molar-refractivity contribution in [1.29, 1.82) is 0 Å². The number of fused-ring (bicyclic) bond motifs is 1. The molecule has 1 heterocycles. The van der Waals surface area contributed by atoms with Crippen LogP contribution in [-0.2, 0) is 13.0 Å². The van der Waals surface area contributed by atoms with Gasteiger partial charge in [-0.25, -0.2) is 0 Å². The van der Waals surface area contributed by atoms with Crippen LogP contribution < -0.4 is 5.32 Å². The van der Waals surface area contributed by atoms with Gasteiger partial charge in [0.1, 0.15) is 0 Å². The van der Waals surface area contributed by atoms with Gasteiger partial charge in [-0.05, 0) is 62.4 Å². The van der Waals surface area contributed by atoms with Crippen LogP contribution in [0.4, 0.5) is 0 Å². The van der Waals surface area contributed by atoms with Gasteiger partial charge >= 0.3 is 0 Å². The molecule has 0 spiro atoms. The summed E-state index contributed by atoms with van der Waals surface area (Å²) in [7, 11) is 0. The lowest BCUT2D eigenvalue weighted by molar-refractivity contribution is 0.487. The maximum atomic E-state index is 4.10. The zero-order chi connectivity index (χ0) is 21.8. The highest BCUT2D eigenvalue weighted by molar-refractivity contribution is 5.92. The minimum Gasteiger partial charge on any atom is -0.336 e. The fraction of sp³-hybridized carbons (Fsp3) is 0.357. The second-order valence-electron chi connectivity index (χ2n) is 8.94. The summed E-state index contributed by atoms with van der Waals surface area (Å²) >= 11 is 0. The van der Waals surface area contributed by atoms with E-state index in [0.29, 0.717) is 12.1 Å². The summed E-state index contributed by atoms with van der Waals surface area (Å²) in [4.78, 5) is 0. The van der Waals surface area contributed by atoms with Gasteiger partial charge in [-0.3, -0.25) is 0 Å². The molecule has 1 aromatic heterocycles. The molecule has 3 aromatic rings. The third-order valence-electron chi connectivity index (χ3n) is 5.75. The van der Waals surface area contributed by atoms with E-state index >= 15 is 0 Å². The van der Waals surface area contributed by atoms with Gasteiger partial charge in [-0.2, -0.15) is 0 Å². The number of hydrogen-bond donors (Lipinski definition) is 1. The molecule has 0 aliphatic rings. The molecule has 1 N–H and O–H groups in total. The van der Waals surface area contributed by atoms with E-state index in [1.54, 1.807) is 0 Å². The molecule has 0 radical (unpaired) electrons. The van der Waals surface area contributed by atoms with Crippen molar-refractivity contribution in [2.45, 2.75) is 66.6 Å². The zero-order valence-corrected chi connectivity index (χ0v) is 19.4. The van der Waals surface area contributed by atoms with Gasteiger partial charge in [0, 0.05) is 29.5 Å². The number of hydrogen-bond acceptors (Lipinski definition) is 1. The van der Waals surface area contributed by atoms with E-state index in [-0.39, 0.29) is 0 Å². The smallest absolute Gasteiger partial charge is 0.0523 e. The summed E-state index contributed by atoms with van der Waals surface area (Å²) in [6.45, 7) is 18.2. The maximum Gasteiger partial charge on any atom is 0.0523 e. The summed E-state index contributed by atoms with van der Waals surface area (Å²) in [5.41, 5.74) is 9.11. The number of benzene rings is 2. The first-order chi connectivity index (χ1) is 14.3. The molecular formula is C28H36N2. The van der Waals surface area contributed by atoms with Crippen molar-refractivity contribution in [3.8, 4) is 0 Å². The van der Waals surface area contributed by atoms with E-state index in [9.17, 15) is 0 Å². The Bertz CT molecular complexity index is 1040. The van der Waals surface area contributed by atoms with Crippen LogP contribution >= 0.6 is 0 Å². The minimum atomic E-state index is 0.478. The molecule has 0 amide bonds. The van der Waals surface area contributed by atoms with Crippen molar-refractivity contribution in [3.05, 3.63) is 89.1 Å². The Balaban J connectivity index is 1.96. The summed E-state index contributed by atoms with van der Waals surface area (Å²) < 4.78 is 2.45. The number of allylic oxidation sites excluding steroid dienone is 3. The topological polar surface area (TPSA) is 17.0 Å². The third-order valence-corrected chi connectivity index (χ3v) is 5.75. The lowest BCUT2D eigenvalue weighted by atomic mass is 10.0. The molecule has 2 heteroatoms. The average molecular weight is 401 g/mol. The Morgan fingerprint density at radius 3 is 2.23 bits per heavy atom. The van der Waals surface area contributed by atoms with Crippen molar-refractivity contribution < 1.29 is 0 Å². The predicted octanol–water partition coefficient (Wildman–Crippen LogP) is 6.91. The van der Waals surface area contributed by atoms with Gasteiger partial charge in [-0.15, -0.1) is 0 Å². The molecule has 30 heavy (non-hydrogen) atoms. The fourth-order valence-corrected chi connectivity index (χ4v) is 4.47. The second-order valence-corrected chi connectivity index (χ2v) is 8.94. The largest absolute Gasteiger partial charge is 0.336 e. The van der Waals surface area contributed by atoms with Crippen LogP contribution in [0, 0.1) is 6.92 Å². The average Bonchev–Trinajstić information content (AvgIpc) is 2.96. The summed E-state index contributed by atoms with van der Waals surface area (Å²) in [6, 6.07) is 18.8. The first-order valence-corrected chi connectivity index (χ1v) is 11.0. The molecule has 2 nitrogen and oxygen atoms in total. The molecule has 0 aliphatic carbocycles. The Morgan fingerprint density at radius 2 is 1.63 bits per heavy atom. The van der Waals surface area contributed by atoms with E-state index in [1.165, 1.54) is 44.4 Å². The van der Waals surface area contributed by atoms with Gasteiger partial charge in [0.2, 0.25) is 0 Å². The highest BCUT2D eigenvalue weighted by Gasteiger charge is 2.17. The van der Waals surface area contributed by atoms with E-state index in [0.717, 1.165) is 13.0 Å². The van der Waals surface area contributed by atoms with Crippen LogP contribution in [0.1, 0.15) is 57.0 Å². The lowest BCUT2D eigenvalue weighted by Gasteiger charge is -2.17. The molecule has 3 rings (SSSR count). The van der Waals surface area contributed by atoms with Crippen molar-refractivity contribution in [1.82, 2.24) is 9.88 Å². The fourth-order valence-electron chi connectivity index (χ4n) is 4.47. The molecule has 158 valence electrons. The summed E-state index contributed by atoms with van der Waals surface area (Å²) in [6.07, 6.45) is 3.05. The van der Waals surface area contributed by atoms with Crippen molar-refractivity contribution in [2.75, 3.05) is 0 Å². The molecule has 1 atom stereocenters. The molecule has 0 bridgehead atoms. The van der Waals surface area contributed by atoms with Gasteiger partial charge in [0.15, 0.2) is 0 Å². The van der Waals surface area contributed by atoms with Gasteiger partial charge in [0.25, 0.3) is 0 Å². The standard InChI is InChI=1S/C28H36N2/c1-8-25(19(2)3)28-22(7)26-11-9-10-12-27(26)30(28)18-24-15-13-23(14-16-24)17-21(6)29-20(4)5/h8-16,20-21,29H,1,17-18H2,2-7H3. The first-order valence-electron chi connectivity index (χ1n) is 11.0. The molecule has 2 aromatic carbocycles. The van der Waals surface area contributed by atoms with E-state index in [4.69, 9.17) is 0 Å². The van der Waals surface area contributed by atoms with Crippen LogP contribution in [0.25, 0.3) is 16.5 Å². The molecule has 0 fully saturated rings. The van der Waals surface area contributed by atoms with Crippen molar-refractivity contribution in [3.63, 3.8) is 0 Å². The Kier molecular flexibility index (Phi) is 6.99. The number of nitrogens with one attached hydrogen (secondary N) is 1. The van der Waals surface area contributed by atoms with Crippen LogP contribution in [0.2, 0.25) is 0 Å². The summed E-state index contributed by atoms with van der Waals surface area (Å²) in [5, 5.41) is 4.90. The Hall–Kier alpha value is -2.58. The Labute approximate surface area is 182 Å². The third kappa shape index (κ3) is 4.76. The summed E-state index contributed by atoms with van der Waals surface area (Å²) in [5.74, 6) is 0. The Morgan fingerprint density at radius 1 is 1.00 bits per heavy atom. The number of aromatic nitrogens is 1. The van der Waals surface area contributed by atoms with Crippen molar-refractivity contribution >= 4 is 16.5 Å². The number of rotatable bonds is 8. The molecule has 0 saturated carbocycles. The zero-order valence-electron chi connectivity index (χ0n) is 19.4. The highest BCUT2D eigenvalue weighted by Crippen LogP contribution is 2.33. The van der Waals surface area contributed by atoms with Gasteiger partial charge < -0.3 is 9.88 Å². The highest BCUT2D eigenvalue weighted by atomic mass is 15.0. The van der Waals surface area contributed by atoms with E-state index in [1.807, 2.05) is 6.08 Å².